The topological polar surface area (TPSA) is 164 Å². The predicted molar refractivity (Wildman–Crippen MR) is 157 cm³/mol. The number of aliphatic hydroxyl groups is 1. The summed E-state index contributed by atoms with van der Waals surface area (Å²) in [6.07, 6.45) is 4.18. The fraction of sp³-hybridized carbons (Fsp3) is 0.387. The molecule has 0 spiro atoms. The lowest BCUT2D eigenvalue weighted by Crippen LogP contribution is -2.53. The molecule has 12 nitrogen and oxygen atoms in total. The highest BCUT2D eigenvalue weighted by atomic mass is 16.5. The number of ether oxygens (including phenoxy) is 4. The van der Waals surface area contributed by atoms with E-state index < -0.39 is 36.0 Å². The van der Waals surface area contributed by atoms with Crippen molar-refractivity contribution < 1.29 is 48.7 Å². The van der Waals surface area contributed by atoms with Crippen LogP contribution in [0, 0.1) is 0 Å². The second-order valence-corrected chi connectivity index (χ2v) is 9.80. The van der Waals surface area contributed by atoms with E-state index in [0.717, 1.165) is 0 Å². The van der Waals surface area contributed by atoms with Gasteiger partial charge in [-0.05, 0) is 49.1 Å². The van der Waals surface area contributed by atoms with E-state index in [2.05, 4.69) is 11.9 Å². The molecular weight excluding hydrogens is 560 g/mol. The molecule has 0 aliphatic carbocycles. The van der Waals surface area contributed by atoms with E-state index in [4.69, 9.17) is 18.9 Å². The van der Waals surface area contributed by atoms with Crippen LogP contribution in [-0.2, 0) is 25.5 Å². The Bertz CT molecular complexity index is 1340. The van der Waals surface area contributed by atoms with Gasteiger partial charge in [0.2, 0.25) is 11.8 Å². The number of nitrogens with one attached hydrogen (secondary N) is 1. The van der Waals surface area contributed by atoms with E-state index in [0.29, 0.717) is 47.8 Å². The summed E-state index contributed by atoms with van der Waals surface area (Å²) in [4.78, 5) is 40.5. The number of phenols is 2. The van der Waals surface area contributed by atoms with Crippen LogP contribution in [-0.4, -0.2) is 90.7 Å². The Balaban J connectivity index is 1.61. The van der Waals surface area contributed by atoms with Crippen molar-refractivity contribution in [3.05, 3.63) is 60.2 Å². The summed E-state index contributed by atoms with van der Waals surface area (Å²) >= 11 is 0. The van der Waals surface area contributed by atoms with Crippen LogP contribution in [0.25, 0.3) is 6.08 Å². The number of aliphatic hydroxyl groups excluding tert-OH is 1. The van der Waals surface area contributed by atoms with Gasteiger partial charge in [-0.25, -0.2) is 4.79 Å². The number of likely N-dealkylation sites (tertiary alicyclic amines) is 1. The maximum absolute atomic E-state index is 13.4. The first kappa shape index (κ1) is 32.8. The molecule has 2 aromatic rings. The highest BCUT2D eigenvalue weighted by Crippen LogP contribution is 2.35. The van der Waals surface area contributed by atoms with E-state index in [1.54, 1.807) is 24.3 Å². The molecule has 232 valence electrons. The second kappa shape index (κ2) is 15.5. The fourth-order valence-corrected chi connectivity index (χ4v) is 4.73. The van der Waals surface area contributed by atoms with Gasteiger partial charge in [-0.3, -0.25) is 9.59 Å². The minimum atomic E-state index is -1.53. The summed E-state index contributed by atoms with van der Waals surface area (Å²) in [5.41, 5.74) is 1.09. The third kappa shape index (κ3) is 8.41. The Morgan fingerprint density at radius 2 is 1.74 bits per heavy atom. The maximum atomic E-state index is 13.4. The number of benzene rings is 2. The second-order valence-electron chi connectivity index (χ2n) is 9.80. The number of carbonyl (C=O) groups is 3. The molecule has 1 heterocycles. The lowest BCUT2D eigenvalue weighted by Gasteiger charge is -2.28. The first-order chi connectivity index (χ1) is 20.6. The molecule has 0 saturated carbocycles. The van der Waals surface area contributed by atoms with Crippen molar-refractivity contribution in [1.29, 1.82) is 0 Å². The van der Waals surface area contributed by atoms with Gasteiger partial charge in [-0.1, -0.05) is 18.2 Å². The number of rotatable bonds is 14. The van der Waals surface area contributed by atoms with E-state index in [1.807, 2.05) is 0 Å². The van der Waals surface area contributed by atoms with E-state index >= 15 is 0 Å². The number of esters is 1. The van der Waals surface area contributed by atoms with Gasteiger partial charge in [-0.2, -0.15) is 0 Å². The van der Waals surface area contributed by atoms with Gasteiger partial charge in [0, 0.05) is 24.6 Å². The summed E-state index contributed by atoms with van der Waals surface area (Å²) in [5.74, 6) is -1.03. The van der Waals surface area contributed by atoms with Crippen molar-refractivity contribution in [2.45, 2.75) is 43.9 Å². The molecule has 43 heavy (non-hydrogen) atoms. The quantitative estimate of drug-likeness (QED) is 0.144. The van der Waals surface area contributed by atoms with Gasteiger partial charge in [-0.15, -0.1) is 6.58 Å². The number of hydrogen-bond donors (Lipinski definition) is 4. The molecule has 1 aliphatic heterocycles. The van der Waals surface area contributed by atoms with Gasteiger partial charge in [0.05, 0.1) is 21.3 Å². The number of hydrogen-bond acceptors (Lipinski definition) is 10. The largest absolute Gasteiger partial charge is 0.504 e. The van der Waals surface area contributed by atoms with Crippen molar-refractivity contribution in [2.24, 2.45) is 0 Å². The van der Waals surface area contributed by atoms with Gasteiger partial charge >= 0.3 is 5.97 Å². The Morgan fingerprint density at radius 3 is 2.40 bits per heavy atom. The zero-order valence-electron chi connectivity index (χ0n) is 24.4. The molecule has 3 rings (SSSR count). The lowest BCUT2D eigenvalue weighted by molar-refractivity contribution is -0.153. The number of carbonyl (C=O) groups excluding carboxylic acids is 3. The third-order valence-electron chi connectivity index (χ3n) is 6.95. The average Bonchev–Trinajstić information content (AvgIpc) is 3.50. The Labute approximate surface area is 250 Å². The number of aromatic hydroxyl groups is 2. The minimum absolute atomic E-state index is 0.0549. The predicted octanol–water partition coefficient (Wildman–Crippen LogP) is 2.34. The van der Waals surface area contributed by atoms with E-state index in [1.165, 1.54) is 50.5 Å². The van der Waals surface area contributed by atoms with Crippen LogP contribution >= 0.6 is 0 Å². The summed E-state index contributed by atoms with van der Waals surface area (Å²) in [6.45, 7) is 3.90. The van der Waals surface area contributed by atoms with E-state index in [9.17, 15) is 29.7 Å². The van der Waals surface area contributed by atoms with Crippen LogP contribution in [0.15, 0.2) is 49.1 Å². The lowest BCUT2D eigenvalue weighted by atomic mass is 10.1. The van der Waals surface area contributed by atoms with Gasteiger partial charge in [0.1, 0.15) is 30.5 Å². The molecule has 3 unspecified atom stereocenters. The minimum Gasteiger partial charge on any atom is -0.504 e. The first-order valence-corrected chi connectivity index (χ1v) is 13.7. The van der Waals surface area contributed by atoms with Gasteiger partial charge in [0.15, 0.2) is 23.0 Å². The number of methoxy groups -OCH3 is 3. The molecule has 0 aromatic heterocycles. The van der Waals surface area contributed by atoms with Crippen LogP contribution in [0.5, 0.6) is 28.7 Å². The van der Waals surface area contributed by atoms with Crippen molar-refractivity contribution in [1.82, 2.24) is 10.2 Å². The van der Waals surface area contributed by atoms with Crippen LogP contribution in [0.3, 0.4) is 0 Å². The smallest absolute Gasteiger partial charge is 0.329 e. The van der Waals surface area contributed by atoms with Crippen LogP contribution in [0.4, 0.5) is 0 Å². The molecule has 12 heteroatoms. The molecule has 1 aliphatic rings. The summed E-state index contributed by atoms with van der Waals surface area (Å²) in [5, 5.41) is 32.1. The average molecular weight is 599 g/mol. The molecule has 3 atom stereocenters. The van der Waals surface area contributed by atoms with Gasteiger partial charge in [0.25, 0.3) is 0 Å². The molecule has 2 aromatic carbocycles. The first-order valence-electron chi connectivity index (χ1n) is 13.7. The van der Waals surface area contributed by atoms with Crippen LogP contribution < -0.4 is 19.5 Å². The molecular formula is C31H38N2O10. The van der Waals surface area contributed by atoms with Crippen molar-refractivity contribution in [2.75, 3.05) is 34.5 Å². The Morgan fingerprint density at radius 1 is 1.05 bits per heavy atom. The normalized spacial score (nSPS) is 15.9. The highest BCUT2D eigenvalue weighted by Gasteiger charge is 2.38. The SMILES string of the molecule is C=CCC(NC(=O)C(O)Cc1ccc(O)c(O)c1)C(=O)N1CCCC1C(=O)OC/C=C/c1cc(OC)c(OC)cc1OC. The molecule has 1 fully saturated rings. The Hall–Kier alpha value is -4.71. The summed E-state index contributed by atoms with van der Waals surface area (Å²) < 4.78 is 21.5. The fourth-order valence-electron chi connectivity index (χ4n) is 4.73. The molecule has 2 amide bonds. The Kier molecular flexibility index (Phi) is 11.8. The third-order valence-corrected chi connectivity index (χ3v) is 6.95. The van der Waals surface area contributed by atoms with Crippen molar-refractivity contribution >= 4 is 23.9 Å². The molecule has 4 N–H and O–H groups in total. The zero-order valence-corrected chi connectivity index (χ0v) is 24.4. The van der Waals surface area contributed by atoms with Crippen molar-refractivity contribution in [3.8, 4) is 28.7 Å². The van der Waals surface area contributed by atoms with Crippen LogP contribution in [0.1, 0.15) is 30.4 Å². The zero-order chi connectivity index (χ0) is 31.5. The standard InChI is InChI=1S/C31H38N2O10/c1-5-8-21(32-29(37)25(36)16-19-11-12-23(34)24(35)15-19)30(38)33-13-6-10-22(33)31(39)43-14-7-9-20-17-27(41-3)28(42-4)18-26(20)40-2/h5,7,9,11-12,15,17-18,21-22,25,34-36H,1,6,8,10,13-14,16H2,2-4H3,(H,32,37)/b9-7+. The van der Waals surface area contributed by atoms with Crippen LogP contribution in [0.2, 0.25) is 0 Å². The van der Waals surface area contributed by atoms with Crippen molar-refractivity contribution in [3.63, 3.8) is 0 Å². The number of nitrogens with zero attached hydrogens (tertiary/aromatic N) is 1. The molecule has 0 radical (unpaired) electrons. The summed E-state index contributed by atoms with van der Waals surface area (Å²) in [7, 11) is 4.56. The summed E-state index contributed by atoms with van der Waals surface area (Å²) in [6, 6.07) is 5.46. The highest BCUT2D eigenvalue weighted by molar-refractivity contribution is 5.92. The number of amides is 2. The van der Waals surface area contributed by atoms with Gasteiger partial charge < -0.3 is 44.5 Å². The maximum Gasteiger partial charge on any atom is 0.329 e. The monoisotopic (exact) mass is 598 g/mol. The number of phenolic OH excluding ortho intramolecular Hbond substituents is 2. The molecule has 0 bridgehead atoms. The van der Waals surface area contributed by atoms with E-state index in [-0.39, 0.29) is 30.9 Å². The molecule has 1 saturated heterocycles.